The van der Waals surface area contributed by atoms with Gasteiger partial charge in [-0.1, -0.05) is 11.6 Å². The molecule has 1 fully saturated rings. The first-order valence-electron chi connectivity index (χ1n) is 12.4. The van der Waals surface area contributed by atoms with Crippen molar-refractivity contribution < 1.29 is 19.4 Å². The number of aliphatic carboxylic acids is 1. The Morgan fingerprint density at radius 3 is 2.58 bits per heavy atom. The molecule has 0 radical (unpaired) electrons. The number of hydrogen-bond donors (Lipinski definition) is 2. The Balaban J connectivity index is 1.35. The van der Waals surface area contributed by atoms with E-state index < -0.39 is 5.97 Å². The van der Waals surface area contributed by atoms with E-state index in [1.54, 1.807) is 12.0 Å². The number of benzene rings is 2. The van der Waals surface area contributed by atoms with Gasteiger partial charge in [-0.25, -0.2) is 4.98 Å². The number of anilines is 1. The Bertz CT molecular complexity index is 1240. The van der Waals surface area contributed by atoms with E-state index in [-0.39, 0.29) is 24.8 Å². The van der Waals surface area contributed by atoms with Crippen LogP contribution in [0.4, 0.5) is 5.69 Å². The maximum Gasteiger partial charge on any atom is 0.303 e. The fourth-order valence-corrected chi connectivity index (χ4v) is 4.88. The van der Waals surface area contributed by atoms with Gasteiger partial charge in [-0.15, -0.1) is 0 Å². The monoisotopic (exact) mass is 512 g/mol. The van der Waals surface area contributed by atoms with E-state index in [0.717, 1.165) is 65.7 Å². The van der Waals surface area contributed by atoms with Crippen LogP contribution >= 0.6 is 11.6 Å². The predicted molar refractivity (Wildman–Crippen MR) is 143 cm³/mol. The third-order valence-corrected chi connectivity index (χ3v) is 6.96. The molecule has 1 amide bonds. The molecule has 2 N–H and O–H groups in total. The van der Waals surface area contributed by atoms with Crippen LogP contribution in [-0.4, -0.2) is 77.6 Å². The van der Waals surface area contributed by atoms with Gasteiger partial charge in [0.05, 0.1) is 30.3 Å². The molecule has 2 heterocycles. The van der Waals surface area contributed by atoms with Gasteiger partial charge in [-0.3, -0.25) is 14.5 Å². The summed E-state index contributed by atoms with van der Waals surface area (Å²) in [5.74, 6) is -0.209. The Labute approximate surface area is 216 Å². The number of aromatic nitrogens is 1. The number of carbonyl (C=O) groups is 2. The number of nitrogens with one attached hydrogen (secondary N) is 1. The number of methoxy groups -OCH3 is 1. The van der Waals surface area contributed by atoms with Crippen LogP contribution in [-0.2, 0) is 9.59 Å². The number of ether oxygens (including phenoxy) is 1. The number of rotatable bonds is 10. The van der Waals surface area contributed by atoms with E-state index in [0.29, 0.717) is 18.1 Å². The number of carbonyl (C=O) groups excluding carboxylic acids is 1. The standard InChI is InChI=1S/C27H33ClN4O4/c1-18(4-3-11-31-12-14-32(15-13-31)25(33)9-10-26(34)35)29-27-21-7-5-19(28)16-24(21)30-23-8-6-20(36-2)17-22(23)27/h5-8,16-18H,3-4,9-15H2,1-2H3,(H,29,30)(H,34,35). The third-order valence-electron chi connectivity index (χ3n) is 6.72. The minimum absolute atomic E-state index is 0.0652. The fourth-order valence-electron chi connectivity index (χ4n) is 4.71. The quantitative estimate of drug-likeness (QED) is 0.382. The summed E-state index contributed by atoms with van der Waals surface area (Å²) in [7, 11) is 1.66. The average molecular weight is 513 g/mol. The van der Waals surface area contributed by atoms with Gasteiger partial charge in [0.2, 0.25) is 5.91 Å². The predicted octanol–water partition coefficient (Wildman–Crippen LogP) is 4.64. The van der Waals surface area contributed by atoms with Crippen LogP contribution in [0.3, 0.4) is 0 Å². The van der Waals surface area contributed by atoms with Gasteiger partial charge in [0.15, 0.2) is 0 Å². The van der Waals surface area contributed by atoms with Crippen molar-refractivity contribution in [1.82, 2.24) is 14.8 Å². The van der Waals surface area contributed by atoms with Crippen LogP contribution in [0.2, 0.25) is 5.02 Å². The van der Waals surface area contributed by atoms with Gasteiger partial charge >= 0.3 is 5.97 Å². The molecule has 0 spiro atoms. The summed E-state index contributed by atoms with van der Waals surface area (Å²) < 4.78 is 5.46. The molecule has 3 aromatic rings. The number of hydrogen-bond acceptors (Lipinski definition) is 6. The minimum Gasteiger partial charge on any atom is -0.497 e. The fraction of sp³-hybridized carbons (Fsp3) is 0.444. The topological polar surface area (TPSA) is 95.0 Å². The summed E-state index contributed by atoms with van der Waals surface area (Å²) >= 11 is 6.24. The molecule has 0 bridgehead atoms. The second kappa shape index (κ2) is 11.8. The van der Waals surface area contributed by atoms with Crippen molar-refractivity contribution in [2.75, 3.05) is 45.2 Å². The second-order valence-electron chi connectivity index (χ2n) is 9.34. The zero-order valence-corrected chi connectivity index (χ0v) is 21.6. The van der Waals surface area contributed by atoms with Crippen molar-refractivity contribution in [3.63, 3.8) is 0 Å². The van der Waals surface area contributed by atoms with E-state index in [1.165, 1.54) is 0 Å². The molecule has 1 aromatic heterocycles. The summed E-state index contributed by atoms with van der Waals surface area (Å²) in [6.07, 6.45) is 1.98. The largest absolute Gasteiger partial charge is 0.497 e. The van der Waals surface area contributed by atoms with E-state index in [2.05, 4.69) is 17.1 Å². The number of carboxylic acids is 1. The number of pyridine rings is 1. The summed E-state index contributed by atoms with van der Waals surface area (Å²) in [6.45, 7) is 6.11. The highest BCUT2D eigenvalue weighted by Gasteiger charge is 2.21. The first kappa shape index (κ1) is 26.0. The Hall–Kier alpha value is -3.10. The van der Waals surface area contributed by atoms with Crippen molar-refractivity contribution in [3.05, 3.63) is 41.4 Å². The highest BCUT2D eigenvalue weighted by molar-refractivity contribution is 6.31. The highest BCUT2D eigenvalue weighted by atomic mass is 35.5. The lowest BCUT2D eigenvalue weighted by atomic mass is 10.1. The number of piperazine rings is 1. The molecule has 1 atom stereocenters. The van der Waals surface area contributed by atoms with Crippen molar-refractivity contribution in [2.24, 2.45) is 0 Å². The van der Waals surface area contributed by atoms with Crippen LogP contribution in [0, 0.1) is 0 Å². The molecule has 1 aliphatic heterocycles. The van der Waals surface area contributed by atoms with Crippen molar-refractivity contribution >= 4 is 51.0 Å². The van der Waals surface area contributed by atoms with Crippen LogP contribution in [0.15, 0.2) is 36.4 Å². The first-order chi connectivity index (χ1) is 17.3. The van der Waals surface area contributed by atoms with Gasteiger partial charge in [0.1, 0.15) is 5.75 Å². The normalized spacial score (nSPS) is 15.2. The number of carboxylic acid groups (broad SMARTS) is 1. The molecular formula is C27H33ClN4O4. The first-order valence-corrected chi connectivity index (χ1v) is 12.8. The summed E-state index contributed by atoms with van der Waals surface area (Å²) in [6, 6.07) is 11.9. The Morgan fingerprint density at radius 1 is 1.08 bits per heavy atom. The lowest BCUT2D eigenvalue weighted by Gasteiger charge is -2.35. The highest BCUT2D eigenvalue weighted by Crippen LogP contribution is 2.34. The number of fused-ring (bicyclic) bond motifs is 2. The minimum atomic E-state index is -0.930. The lowest BCUT2D eigenvalue weighted by Crippen LogP contribution is -2.48. The second-order valence-corrected chi connectivity index (χ2v) is 9.77. The zero-order valence-electron chi connectivity index (χ0n) is 20.8. The van der Waals surface area contributed by atoms with Gasteiger partial charge in [-0.2, -0.15) is 0 Å². The molecule has 9 heteroatoms. The average Bonchev–Trinajstić information content (AvgIpc) is 2.87. The number of nitrogens with zero attached hydrogens (tertiary/aromatic N) is 3. The van der Waals surface area contributed by atoms with Crippen LogP contribution in [0.1, 0.15) is 32.6 Å². The molecule has 0 aliphatic carbocycles. The van der Waals surface area contributed by atoms with E-state index in [4.69, 9.17) is 26.4 Å². The molecular weight excluding hydrogens is 480 g/mol. The summed E-state index contributed by atoms with van der Waals surface area (Å²) in [5, 5.41) is 15.2. The molecule has 36 heavy (non-hydrogen) atoms. The zero-order chi connectivity index (χ0) is 25.7. The van der Waals surface area contributed by atoms with Crippen LogP contribution < -0.4 is 10.1 Å². The molecule has 0 saturated carbocycles. The number of halogens is 1. The molecule has 192 valence electrons. The molecule has 4 rings (SSSR count). The summed E-state index contributed by atoms with van der Waals surface area (Å²) in [4.78, 5) is 31.8. The van der Waals surface area contributed by atoms with Crippen molar-refractivity contribution in [1.29, 1.82) is 0 Å². The maximum absolute atomic E-state index is 12.1. The Kier molecular flexibility index (Phi) is 8.48. The summed E-state index contributed by atoms with van der Waals surface area (Å²) in [5.41, 5.74) is 2.77. The maximum atomic E-state index is 12.1. The van der Waals surface area contributed by atoms with Crippen LogP contribution in [0.25, 0.3) is 21.8 Å². The molecule has 2 aromatic carbocycles. The molecule has 1 unspecified atom stereocenters. The molecule has 1 aliphatic rings. The third kappa shape index (κ3) is 6.36. The number of amides is 1. The molecule has 8 nitrogen and oxygen atoms in total. The van der Waals surface area contributed by atoms with E-state index in [1.807, 2.05) is 36.4 Å². The SMILES string of the molecule is COc1ccc2nc3cc(Cl)ccc3c(NC(C)CCCN3CCN(C(=O)CCC(=O)O)CC3)c2c1. The van der Waals surface area contributed by atoms with E-state index >= 15 is 0 Å². The van der Waals surface area contributed by atoms with E-state index in [9.17, 15) is 9.59 Å². The van der Waals surface area contributed by atoms with Gasteiger partial charge in [0.25, 0.3) is 0 Å². The smallest absolute Gasteiger partial charge is 0.303 e. The van der Waals surface area contributed by atoms with Crippen molar-refractivity contribution in [2.45, 2.75) is 38.6 Å². The van der Waals surface area contributed by atoms with Gasteiger partial charge < -0.3 is 20.1 Å². The van der Waals surface area contributed by atoms with Gasteiger partial charge in [0, 0.05) is 54.4 Å². The molecule has 1 saturated heterocycles. The van der Waals surface area contributed by atoms with Gasteiger partial charge in [-0.05, 0) is 62.7 Å². The Morgan fingerprint density at radius 2 is 1.86 bits per heavy atom. The lowest BCUT2D eigenvalue weighted by molar-refractivity contribution is -0.141. The van der Waals surface area contributed by atoms with Crippen molar-refractivity contribution in [3.8, 4) is 5.75 Å². The van der Waals surface area contributed by atoms with Crippen LogP contribution in [0.5, 0.6) is 5.75 Å².